The number of ether oxygens (including phenoxy) is 1. The number of aliphatic hydroxyl groups excluding tert-OH is 1. The van der Waals surface area contributed by atoms with E-state index in [4.69, 9.17) is 4.74 Å². The topological polar surface area (TPSA) is 47.3 Å². The number of halogens is 1. The van der Waals surface area contributed by atoms with Crippen molar-refractivity contribution in [2.75, 3.05) is 0 Å². The van der Waals surface area contributed by atoms with Crippen molar-refractivity contribution in [3.05, 3.63) is 47.8 Å². The number of aryl methyl sites for hydroxylation is 1. The Bertz CT molecular complexity index is 538. The molecule has 0 saturated heterocycles. The fourth-order valence-electron chi connectivity index (χ4n) is 1.57. The van der Waals surface area contributed by atoms with E-state index in [0.29, 0.717) is 5.56 Å². The molecule has 0 aliphatic carbocycles. The third-order valence-electron chi connectivity index (χ3n) is 2.73. The molecular weight excluding hydrogens is 235 g/mol. The van der Waals surface area contributed by atoms with Crippen molar-refractivity contribution in [3.8, 4) is 5.75 Å². The van der Waals surface area contributed by atoms with E-state index in [1.165, 1.54) is 12.1 Å². The van der Waals surface area contributed by atoms with Crippen LogP contribution in [0.15, 0.2) is 30.7 Å². The first-order valence-corrected chi connectivity index (χ1v) is 5.63. The van der Waals surface area contributed by atoms with Crippen molar-refractivity contribution in [2.45, 2.75) is 19.6 Å². The zero-order valence-corrected chi connectivity index (χ0v) is 10.3. The SMILES string of the molecule is CC(O)c1ccc(OCc2cncn2C)c(F)c1. The van der Waals surface area contributed by atoms with Gasteiger partial charge in [-0.2, -0.15) is 0 Å². The van der Waals surface area contributed by atoms with Gasteiger partial charge >= 0.3 is 0 Å². The van der Waals surface area contributed by atoms with Gasteiger partial charge in [-0.3, -0.25) is 0 Å². The second-order valence-corrected chi connectivity index (χ2v) is 4.15. The molecule has 1 atom stereocenters. The van der Waals surface area contributed by atoms with E-state index in [1.54, 1.807) is 25.5 Å². The van der Waals surface area contributed by atoms with E-state index in [2.05, 4.69) is 4.98 Å². The van der Waals surface area contributed by atoms with Gasteiger partial charge in [0.05, 0.1) is 24.3 Å². The molecule has 1 unspecified atom stereocenters. The predicted octanol–water partition coefficient (Wildman–Crippen LogP) is 2.19. The Hall–Kier alpha value is -1.88. The maximum absolute atomic E-state index is 13.7. The normalized spacial score (nSPS) is 12.4. The third-order valence-corrected chi connectivity index (χ3v) is 2.73. The van der Waals surface area contributed by atoms with Gasteiger partial charge in [-0.1, -0.05) is 6.07 Å². The molecule has 4 nitrogen and oxygen atoms in total. The zero-order valence-electron chi connectivity index (χ0n) is 10.3. The Morgan fingerprint density at radius 1 is 1.50 bits per heavy atom. The molecule has 1 aromatic carbocycles. The lowest BCUT2D eigenvalue weighted by Gasteiger charge is -2.10. The summed E-state index contributed by atoms with van der Waals surface area (Å²) in [6, 6.07) is 4.45. The standard InChI is InChI=1S/C13H15FN2O2/c1-9(17)10-3-4-13(12(14)5-10)18-7-11-6-15-8-16(11)2/h3-6,8-9,17H,7H2,1-2H3. The van der Waals surface area contributed by atoms with Gasteiger partial charge in [0.1, 0.15) is 6.61 Å². The van der Waals surface area contributed by atoms with E-state index in [9.17, 15) is 9.50 Å². The Labute approximate surface area is 105 Å². The highest BCUT2D eigenvalue weighted by Gasteiger charge is 2.08. The first-order valence-electron chi connectivity index (χ1n) is 5.63. The minimum atomic E-state index is -0.689. The number of benzene rings is 1. The minimum Gasteiger partial charge on any atom is -0.484 e. The van der Waals surface area contributed by atoms with Crippen LogP contribution in [0.25, 0.3) is 0 Å². The number of aliphatic hydroxyl groups is 1. The molecule has 1 heterocycles. The summed E-state index contributed by atoms with van der Waals surface area (Å²) in [4.78, 5) is 3.95. The first-order chi connectivity index (χ1) is 8.58. The molecular formula is C13H15FN2O2. The van der Waals surface area contributed by atoms with Crippen LogP contribution in [0, 0.1) is 5.82 Å². The highest BCUT2D eigenvalue weighted by atomic mass is 19.1. The average Bonchev–Trinajstić information content (AvgIpc) is 2.73. The van der Waals surface area contributed by atoms with E-state index >= 15 is 0 Å². The van der Waals surface area contributed by atoms with Crippen LogP contribution in [0.5, 0.6) is 5.75 Å². The van der Waals surface area contributed by atoms with E-state index in [0.717, 1.165) is 5.69 Å². The van der Waals surface area contributed by atoms with Crippen molar-refractivity contribution >= 4 is 0 Å². The summed E-state index contributed by atoms with van der Waals surface area (Å²) in [5.74, 6) is -0.309. The highest BCUT2D eigenvalue weighted by molar-refractivity contribution is 5.30. The van der Waals surface area contributed by atoms with Crippen molar-refractivity contribution in [1.29, 1.82) is 0 Å². The molecule has 5 heteroatoms. The lowest BCUT2D eigenvalue weighted by molar-refractivity contribution is 0.198. The Kier molecular flexibility index (Phi) is 3.62. The average molecular weight is 250 g/mol. The van der Waals surface area contributed by atoms with Gasteiger partial charge in [0.15, 0.2) is 11.6 Å². The molecule has 2 rings (SSSR count). The van der Waals surface area contributed by atoms with Crippen LogP contribution in [-0.4, -0.2) is 14.7 Å². The Balaban J connectivity index is 2.08. The lowest BCUT2D eigenvalue weighted by Crippen LogP contribution is -2.03. The number of nitrogens with zero attached hydrogens (tertiary/aromatic N) is 2. The molecule has 0 saturated carbocycles. The van der Waals surface area contributed by atoms with Crippen LogP contribution in [0.4, 0.5) is 4.39 Å². The molecule has 0 aliphatic heterocycles. The molecule has 1 aromatic heterocycles. The molecule has 18 heavy (non-hydrogen) atoms. The maximum Gasteiger partial charge on any atom is 0.165 e. The van der Waals surface area contributed by atoms with Crippen LogP contribution < -0.4 is 4.74 Å². The number of hydrogen-bond acceptors (Lipinski definition) is 3. The van der Waals surface area contributed by atoms with Gasteiger partial charge in [-0.25, -0.2) is 9.37 Å². The number of hydrogen-bond donors (Lipinski definition) is 1. The van der Waals surface area contributed by atoms with E-state index in [-0.39, 0.29) is 12.4 Å². The first kappa shape index (κ1) is 12.6. The van der Waals surface area contributed by atoms with Crippen molar-refractivity contribution in [3.63, 3.8) is 0 Å². The minimum absolute atomic E-state index is 0.167. The summed E-state index contributed by atoms with van der Waals surface area (Å²) in [5, 5.41) is 9.34. The summed E-state index contributed by atoms with van der Waals surface area (Å²) < 4.78 is 20.9. The third kappa shape index (κ3) is 2.68. The maximum atomic E-state index is 13.7. The van der Waals surface area contributed by atoms with Crippen LogP contribution in [0.3, 0.4) is 0 Å². The molecule has 0 radical (unpaired) electrons. The monoisotopic (exact) mass is 250 g/mol. The summed E-state index contributed by atoms with van der Waals surface area (Å²) >= 11 is 0. The fraction of sp³-hybridized carbons (Fsp3) is 0.308. The molecule has 0 aliphatic rings. The molecule has 0 fully saturated rings. The molecule has 0 amide bonds. The van der Waals surface area contributed by atoms with E-state index in [1.807, 2.05) is 11.6 Å². The number of aromatic nitrogens is 2. The lowest BCUT2D eigenvalue weighted by atomic mass is 10.1. The smallest absolute Gasteiger partial charge is 0.165 e. The van der Waals surface area contributed by atoms with Gasteiger partial charge in [-0.05, 0) is 24.6 Å². The van der Waals surface area contributed by atoms with Crippen molar-refractivity contribution in [1.82, 2.24) is 9.55 Å². The quantitative estimate of drug-likeness (QED) is 0.904. The largest absolute Gasteiger partial charge is 0.484 e. The van der Waals surface area contributed by atoms with Crippen LogP contribution in [-0.2, 0) is 13.7 Å². The predicted molar refractivity (Wildman–Crippen MR) is 64.6 cm³/mol. The Morgan fingerprint density at radius 2 is 2.28 bits per heavy atom. The molecule has 96 valence electrons. The molecule has 1 N–H and O–H groups in total. The van der Waals surface area contributed by atoms with Gasteiger partial charge < -0.3 is 14.4 Å². The summed E-state index contributed by atoms with van der Waals surface area (Å²) in [5.41, 5.74) is 1.38. The van der Waals surface area contributed by atoms with Crippen LogP contribution >= 0.6 is 0 Å². The number of rotatable bonds is 4. The fourth-order valence-corrected chi connectivity index (χ4v) is 1.57. The van der Waals surface area contributed by atoms with Crippen molar-refractivity contribution in [2.24, 2.45) is 7.05 Å². The molecule has 0 bridgehead atoms. The summed E-state index contributed by atoms with van der Waals surface area (Å²) in [7, 11) is 1.85. The number of imidazole rings is 1. The second kappa shape index (κ2) is 5.18. The van der Waals surface area contributed by atoms with Gasteiger partial charge in [0.2, 0.25) is 0 Å². The Morgan fingerprint density at radius 3 is 2.83 bits per heavy atom. The van der Waals surface area contributed by atoms with Crippen LogP contribution in [0.1, 0.15) is 24.3 Å². The van der Waals surface area contributed by atoms with Crippen LogP contribution in [0.2, 0.25) is 0 Å². The molecule has 0 spiro atoms. The van der Waals surface area contributed by atoms with Gasteiger partial charge in [0.25, 0.3) is 0 Å². The van der Waals surface area contributed by atoms with Gasteiger partial charge in [-0.15, -0.1) is 0 Å². The molecule has 2 aromatic rings. The summed E-state index contributed by atoms with van der Waals surface area (Å²) in [6.07, 6.45) is 2.64. The highest BCUT2D eigenvalue weighted by Crippen LogP contribution is 2.22. The second-order valence-electron chi connectivity index (χ2n) is 4.15. The zero-order chi connectivity index (χ0) is 13.1. The van der Waals surface area contributed by atoms with Crippen molar-refractivity contribution < 1.29 is 14.2 Å². The van der Waals surface area contributed by atoms with E-state index < -0.39 is 11.9 Å². The van der Waals surface area contributed by atoms with Gasteiger partial charge in [0, 0.05) is 7.05 Å². The summed E-state index contributed by atoms with van der Waals surface area (Å²) in [6.45, 7) is 1.84.